The highest BCUT2D eigenvalue weighted by Gasteiger charge is 2.28. The first-order chi connectivity index (χ1) is 15.5. The fourth-order valence-electron chi connectivity index (χ4n) is 4.50. The van der Waals surface area contributed by atoms with E-state index in [4.69, 9.17) is 4.98 Å². The Morgan fingerprint density at radius 3 is 2.50 bits per heavy atom. The van der Waals surface area contributed by atoms with E-state index in [-0.39, 0.29) is 11.2 Å². The second kappa shape index (κ2) is 7.82. The van der Waals surface area contributed by atoms with Gasteiger partial charge in [0.1, 0.15) is 0 Å². The Hall–Kier alpha value is -3.61. The maximum Gasteiger partial charge on any atom is 0.332 e. The van der Waals surface area contributed by atoms with Gasteiger partial charge in [-0.05, 0) is 55.5 Å². The Labute approximate surface area is 186 Å². The van der Waals surface area contributed by atoms with Crippen molar-refractivity contribution in [3.05, 3.63) is 86.1 Å². The Morgan fingerprint density at radius 2 is 1.75 bits per heavy atom. The molecule has 7 nitrogen and oxygen atoms in total. The maximum atomic E-state index is 13.4. The smallest absolute Gasteiger partial charge is 0.310 e. The number of hydrogen-bond acceptors (Lipinski definition) is 4. The van der Waals surface area contributed by atoms with E-state index < -0.39 is 0 Å². The van der Waals surface area contributed by atoms with Crippen LogP contribution in [0.2, 0.25) is 0 Å². The third-order valence-electron chi connectivity index (χ3n) is 6.49. The Balaban J connectivity index is 1.53. The quantitative estimate of drug-likeness (QED) is 0.488. The Kier molecular flexibility index (Phi) is 4.96. The number of benzene rings is 2. The summed E-state index contributed by atoms with van der Waals surface area (Å²) in [4.78, 5) is 33.2. The average molecular weight is 430 g/mol. The van der Waals surface area contributed by atoms with Gasteiger partial charge in [-0.1, -0.05) is 36.4 Å². The van der Waals surface area contributed by atoms with Crippen LogP contribution >= 0.6 is 0 Å². The van der Waals surface area contributed by atoms with Crippen LogP contribution in [0.15, 0.2) is 58.1 Å². The van der Waals surface area contributed by atoms with Gasteiger partial charge >= 0.3 is 5.69 Å². The van der Waals surface area contributed by atoms with E-state index in [1.165, 1.54) is 25.8 Å². The molecule has 2 aromatic carbocycles. The molecule has 0 N–H and O–H groups in total. The normalized spacial score (nSPS) is 13.2. The summed E-state index contributed by atoms with van der Waals surface area (Å²) in [6.07, 6.45) is 1.54. The first kappa shape index (κ1) is 20.3. The largest absolute Gasteiger partial charge is 0.332 e. The van der Waals surface area contributed by atoms with Crippen LogP contribution in [0.4, 0.5) is 11.6 Å². The molecule has 0 saturated heterocycles. The van der Waals surface area contributed by atoms with Crippen LogP contribution in [0.5, 0.6) is 0 Å². The molecular weight excluding hydrogens is 402 g/mol. The molecule has 0 fully saturated rings. The molecule has 0 saturated carbocycles. The summed E-state index contributed by atoms with van der Waals surface area (Å²) in [5, 5.41) is 0. The van der Waals surface area contributed by atoms with Gasteiger partial charge in [0, 0.05) is 32.4 Å². The van der Waals surface area contributed by atoms with E-state index in [1.54, 1.807) is 7.05 Å². The zero-order valence-corrected chi connectivity index (χ0v) is 18.7. The third-order valence-corrected chi connectivity index (χ3v) is 6.49. The van der Waals surface area contributed by atoms with E-state index in [1.807, 2.05) is 22.8 Å². The molecule has 0 aliphatic carbocycles. The highest BCUT2D eigenvalue weighted by Crippen LogP contribution is 2.32. The molecular formula is C25H27N5O2. The molecule has 32 heavy (non-hydrogen) atoms. The standard InChI is InChI=1S/C25H27N5O2/c1-17-11-12-20(16-18(17)2)28-14-15-29-21-22(26-24(28)29)27(3)25(32)30(23(21)31)13-7-10-19-8-5-4-6-9-19/h4-6,8-9,11-12,16H,7,10,13-15H2,1-3H3. The molecule has 0 unspecified atom stereocenters. The number of aryl methyl sites for hydroxylation is 4. The zero-order chi connectivity index (χ0) is 22.4. The maximum absolute atomic E-state index is 13.4. The highest BCUT2D eigenvalue weighted by molar-refractivity contribution is 5.77. The SMILES string of the molecule is Cc1ccc(N2CCn3c2nc2c3c(=O)n(CCCc3ccccc3)c(=O)n2C)cc1C. The predicted molar refractivity (Wildman–Crippen MR) is 127 cm³/mol. The molecule has 7 heteroatoms. The van der Waals surface area contributed by atoms with E-state index >= 15 is 0 Å². The van der Waals surface area contributed by atoms with Gasteiger partial charge < -0.3 is 9.47 Å². The van der Waals surface area contributed by atoms with Crippen molar-refractivity contribution in [2.75, 3.05) is 11.4 Å². The summed E-state index contributed by atoms with van der Waals surface area (Å²) in [5.74, 6) is 0.720. The minimum absolute atomic E-state index is 0.253. The van der Waals surface area contributed by atoms with Gasteiger partial charge in [-0.3, -0.25) is 13.9 Å². The number of nitrogens with zero attached hydrogens (tertiary/aromatic N) is 5. The van der Waals surface area contributed by atoms with Crippen molar-refractivity contribution < 1.29 is 0 Å². The summed E-state index contributed by atoms with van der Waals surface area (Å²) in [6, 6.07) is 16.4. The fourth-order valence-corrected chi connectivity index (χ4v) is 4.50. The van der Waals surface area contributed by atoms with Crippen LogP contribution in [0.3, 0.4) is 0 Å². The monoisotopic (exact) mass is 429 g/mol. The molecule has 2 aromatic heterocycles. The van der Waals surface area contributed by atoms with Crippen molar-refractivity contribution in [1.82, 2.24) is 18.7 Å². The van der Waals surface area contributed by atoms with Crippen LogP contribution in [0, 0.1) is 13.8 Å². The molecule has 164 valence electrons. The van der Waals surface area contributed by atoms with Crippen LogP contribution in [0.25, 0.3) is 11.2 Å². The lowest BCUT2D eigenvalue weighted by molar-refractivity contribution is 0.570. The third kappa shape index (κ3) is 3.25. The van der Waals surface area contributed by atoms with Crippen molar-refractivity contribution in [3.8, 4) is 0 Å². The first-order valence-corrected chi connectivity index (χ1v) is 11.0. The van der Waals surface area contributed by atoms with Gasteiger partial charge in [0.05, 0.1) is 0 Å². The number of anilines is 2. The number of fused-ring (bicyclic) bond motifs is 3. The summed E-state index contributed by atoms with van der Waals surface area (Å²) in [6.45, 7) is 5.98. The van der Waals surface area contributed by atoms with Gasteiger partial charge in [0.15, 0.2) is 11.2 Å². The van der Waals surface area contributed by atoms with E-state index in [0.29, 0.717) is 24.3 Å². The second-order valence-electron chi connectivity index (χ2n) is 8.54. The molecule has 0 radical (unpaired) electrons. The molecule has 1 aliphatic rings. The van der Waals surface area contributed by atoms with Gasteiger partial charge in [0.2, 0.25) is 5.95 Å². The lowest BCUT2D eigenvalue weighted by Gasteiger charge is -2.17. The lowest BCUT2D eigenvalue weighted by Crippen LogP contribution is -2.39. The fraction of sp³-hybridized carbons (Fsp3) is 0.320. The van der Waals surface area contributed by atoms with E-state index in [0.717, 1.165) is 31.0 Å². The van der Waals surface area contributed by atoms with Gasteiger partial charge in [0.25, 0.3) is 5.56 Å². The van der Waals surface area contributed by atoms with E-state index in [9.17, 15) is 9.59 Å². The Morgan fingerprint density at radius 1 is 0.969 bits per heavy atom. The Bertz CT molecular complexity index is 1430. The van der Waals surface area contributed by atoms with Crippen molar-refractivity contribution >= 4 is 22.8 Å². The number of rotatable bonds is 5. The number of imidazole rings is 1. The summed E-state index contributed by atoms with van der Waals surface area (Å²) in [5.41, 5.74) is 5.09. The van der Waals surface area contributed by atoms with Crippen LogP contribution in [0.1, 0.15) is 23.1 Å². The van der Waals surface area contributed by atoms with Crippen molar-refractivity contribution in [1.29, 1.82) is 0 Å². The molecule has 5 rings (SSSR count). The topological polar surface area (TPSA) is 65.1 Å². The van der Waals surface area contributed by atoms with Gasteiger partial charge in [-0.15, -0.1) is 0 Å². The van der Waals surface area contributed by atoms with Crippen LogP contribution < -0.4 is 16.1 Å². The molecule has 3 heterocycles. The molecule has 0 amide bonds. The molecule has 0 atom stereocenters. The van der Waals surface area contributed by atoms with E-state index in [2.05, 4.69) is 49.1 Å². The van der Waals surface area contributed by atoms with Crippen molar-refractivity contribution in [2.45, 2.75) is 39.8 Å². The minimum Gasteiger partial charge on any atom is -0.310 e. The molecule has 1 aliphatic heterocycles. The average Bonchev–Trinajstić information content (AvgIpc) is 3.37. The van der Waals surface area contributed by atoms with Crippen molar-refractivity contribution in [2.24, 2.45) is 7.05 Å². The summed E-state index contributed by atoms with van der Waals surface area (Å²) in [7, 11) is 1.70. The number of hydrogen-bond donors (Lipinski definition) is 0. The highest BCUT2D eigenvalue weighted by atomic mass is 16.2. The second-order valence-corrected chi connectivity index (χ2v) is 8.54. The molecule has 0 spiro atoms. The first-order valence-electron chi connectivity index (χ1n) is 11.0. The van der Waals surface area contributed by atoms with Crippen LogP contribution in [-0.2, 0) is 26.6 Å². The van der Waals surface area contributed by atoms with Gasteiger partial charge in [-0.2, -0.15) is 4.98 Å². The van der Waals surface area contributed by atoms with Crippen LogP contribution in [-0.4, -0.2) is 25.2 Å². The summed E-state index contributed by atoms with van der Waals surface area (Å²) >= 11 is 0. The zero-order valence-electron chi connectivity index (χ0n) is 18.7. The predicted octanol–water partition coefficient (Wildman–Crippen LogP) is 3.30. The minimum atomic E-state index is -0.315. The van der Waals surface area contributed by atoms with Gasteiger partial charge in [-0.25, -0.2) is 4.79 Å². The number of aromatic nitrogens is 4. The lowest BCUT2D eigenvalue weighted by atomic mass is 10.1. The summed E-state index contributed by atoms with van der Waals surface area (Å²) < 4.78 is 4.82. The molecule has 4 aromatic rings. The van der Waals surface area contributed by atoms with Crippen molar-refractivity contribution in [3.63, 3.8) is 0 Å². The molecule has 0 bridgehead atoms.